The van der Waals surface area contributed by atoms with Gasteiger partial charge in [0.05, 0.1) is 10.7 Å². The van der Waals surface area contributed by atoms with Crippen LogP contribution in [0.3, 0.4) is 0 Å². The van der Waals surface area contributed by atoms with Crippen LogP contribution in [0.15, 0.2) is 47.9 Å². The predicted molar refractivity (Wildman–Crippen MR) is 103 cm³/mol. The standard InChI is InChI=1S/C17H20Cl2N4O2/c1-22(2)9-7-15(24)17(16(25)8-10-23(3)4)21-20-14-6-5-12(18)11-13(14)19/h5-11,20H,1-4H3. The van der Waals surface area contributed by atoms with E-state index in [1.54, 1.807) is 50.1 Å². The van der Waals surface area contributed by atoms with Crippen LogP contribution in [-0.4, -0.2) is 55.3 Å². The molecule has 0 saturated heterocycles. The Balaban J connectivity index is 3.11. The van der Waals surface area contributed by atoms with Crippen molar-refractivity contribution in [2.24, 2.45) is 5.10 Å². The fraction of sp³-hybridized carbons (Fsp3) is 0.235. The second-order valence-electron chi connectivity index (χ2n) is 5.48. The average Bonchev–Trinajstić information content (AvgIpc) is 2.52. The molecule has 0 aliphatic rings. The number of nitrogens with zero attached hydrogens (tertiary/aromatic N) is 3. The zero-order chi connectivity index (χ0) is 19.0. The first-order chi connectivity index (χ1) is 11.7. The Labute approximate surface area is 157 Å². The van der Waals surface area contributed by atoms with Gasteiger partial charge in [0.2, 0.25) is 11.6 Å². The van der Waals surface area contributed by atoms with Gasteiger partial charge >= 0.3 is 0 Å². The van der Waals surface area contributed by atoms with Crippen LogP contribution in [-0.2, 0) is 9.59 Å². The van der Waals surface area contributed by atoms with E-state index in [1.165, 1.54) is 30.6 Å². The van der Waals surface area contributed by atoms with Gasteiger partial charge in [0.25, 0.3) is 0 Å². The molecule has 0 fully saturated rings. The highest BCUT2D eigenvalue weighted by Gasteiger charge is 2.17. The molecule has 0 amide bonds. The predicted octanol–water partition coefficient (Wildman–Crippen LogP) is 3.05. The minimum atomic E-state index is -0.528. The number of hydrogen-bond acceptors (Lipinski definition) is 6. The summed E-state index contributed by atoms with van der Waals surface area (Å²) in [6.07, 6.45) is 5.61. The SMILES string of the molecule is CN(C)C=CC(=O)C(=NNc1ccc(Cl)cc1Cl)C(=O)C=CN(C)C. The van der Waals surface area contributed by atoms with E-state index >= 15 is 0 Å². The van der Waals surface area contributed by atoms with E-state index < -0.39 is 11.6 Å². The number of ketones is 2. The van der Waals surface area contributed by atoms with Gasteiger partial charge in [-0.15, -0.1) is 0 Å². The lowest BCUT2D eigenvalue weighted by Gasteiger charge is -2.07. The topological polar surface area (TPSA) is 65.0 Å². The van der Waals surface area contributed by atoms with Crippen molar-refractivity contribution in [3.05, 3.63) is 52.8 Å². The molecule has 1 N–H and O–H groups in total. The highest BCUT2D eigenvalue weighted by Crippen LogP contribution is 2.25. The van der Waals surface area contributed by atoms with E-state index in [0.29, 0.717) is 15.7 Å². The number of benzene rings is 1. The van der Waals surface area contributed by atoms with Crippen LogP contribution in [0.5, 0.6) is 0 Å². The number of hydrazone groups is 1. The first kappa shape index (κ1) is 20.7. The summed E-state index contributed by atoms with van der Waals surface area (Å²) in [6, 6.07) is 4.75. The van der Waals surface area contributed by atoms with Gasteiger partial charge in [0.1, 0.15) is 0 Å². The molecular weight excluding hydrogens is 363 g/mol. The van der Waals surface area contributed by atoms with E-state index in [1.807, 2.05) is 0 Å². The Hall–Kier alpha value is -2.31. The number of nitrogens with one attached hydrogen (secondary N) is 1. The number of halogens is 2. The second kappa shape index (κ2) is 9.86. The zero-order valence-corrected chi connectivity index (χ0v) is 16.0. The van der Waals surface area contributed by atoms with E-state index in [0.717, 1.165) is 0 Å². The van der Waals surface area contributed by atoms with Crippen molar-refractivity contribution < 1.29 is 9.59 Å². The summed E-state index contributed by atoms with van der Waals surface area (Å²) in [5, 5.41) is 4.73. The van der Waals surface area contributed by atoms with Gasteiger partial charge in [-0.1, -0.05) is 23.2 Å². The number of carbonyl (C=O) groups is 2. The maximum absolute atomic E-state index is 12.3. The van der Waals surface area contributed by atoms with Gasteiger partial charge in [0, 0.05) is 57.8 Å². The molecule has 0 spiro atoms. The number of hydrogen-bond donors (Lipinski definition) is 1. The van der Waals surface area contributed by atoms with Crippen molar-refractivity contribution >= 4 is 46.2 Å². The van der Waals surface area contributed by atoms with E-state index in [9.17, 15) is 9.59 Å². The average molecular weight is 383 g/mol. The molecule has 0 unspecified atom stereocenters. The molecule has 0 bridgehead atoms. The van der Waals surface area contributed by atoms with E-state index in [-0.39, 0.29) is 5.71 Å². The fourth-order valence-corrected chi connectivity index (χ4v) is 1.97. The molecule has 0 saturated carbocycles. The summed E-state index contributed by atoms with van der Waals surface area (Å²) < 4.78 is 0. The zero-order valence-electron chi connectivity index (χ0n) is 14.5. The molecule has 0 atom stereocenters. The smallest absolute Gasteiger partial charge is 0.211 e. The van der Waals surface area contributed by atoms with Gasteiger partial charge in [-0.25, -0.2) is 0 Å². The van der Waals surface area contributed by atoms with Crippen LogP contribution in [0.25, 0.3) is 0 Å². The minimum Gasteiger partial charge on any atom is -0.383 e. The van der Waals surface area contributed by atoms with Gasteiger partial charge in [-0.05, 0) is 18.2 Å². The summed E-state index contributed by atoms with van der Waals surface area (Å²) in [5.41, 5.74) is 2.80. The van der Waals surface area contributed by atoms with Gasteiger partial charge in [-0.3, -0.25) is 15.0 Å². The highest BCUT2D eigenvalue weighted by atomic mass is 35.5. The Kier molecular flexibility index (Phi) is 8.18. The molecule has 0 aromatic heterocycles. The van der Waals surface area contributed by atoms with Crippen molar-refractivity contribution in [1.29, 1.82) is 0 Å². The van der Waals surface area contributed by atoms with E-state index in [4.69, 9.17) is 23.2 Å². The number of allylic oxidation sites excluding steroid dienone is 2. The van der Waals surface area contributed by atoms with Crippen molar-refractivity contribution in [2.75, 3.05) is 33.6 Å². The Bertz CT molecular complexity index is 693. The quantitative estimate of drug-likeness (QED) is 0.324. The van der Waals surface area contributed by atoms with Crippen molar-refractivity contribution in [3.8, 4) is 0 Å². The van der Waals surface area contributed by atoms with Crippen LogP contribution in [0.1, 0.15) is 0 Å². The third kappa shape index (κ3) is 7.41. The second-order valence-corrected chi connectivity index (χ2v) is 6.33. The number of carbonyl (C=O) groups excluding carboxylic acids is 2. The molecule has 0 aliphatic carbocycles. The van der Waals surface area contributed by atoms with Gasteiger partial charge in [0.15, 0.2) is 5.71 Å². The molecule has 1 aromatic carbocycles. The van der Waals surface area contributed by atoms with Gasteiger partial charge < -0.3 is 9.80 Å². The Morgan fingerprint density at radius 3 is 1.96 bits per heavy atom. The minimum absolute atomic E-state index is 0.262. The normalized spacial score (nSPS) is 10.8. The number of anilines is 1. The molecule has 8 heteroatoms. The highest BCUT2D eigenvalue weighted by molar-refractivity contribution is 6.70. The molecule has 25 heavy (non-hydrogen) atoms. The summed E-state index contributed by atoms with van der Waals surface area (Å²) in [4.78, 5) is 27.9. The molecule has 6 nitrogen and oxygen atoms in total. The molecule has 0 aliphatic heterocycles. The first-order valence-corrected chi connectivity index (χ1v) is 8.03. The van der Waals surface area contributed by atoms with Crippen LogP contribution >= 0.6 is 23.2 Å². The lowest BCUT2D eigenvalue weighted by molar-refractivity contribution is -0.112. The van der Waals surface area contributed by atoms with Crippen molar-refractivity contribution in [3.63, 3.8) is 0 Å². The first-order valence-electron chi connectivity index (χ1n) is 7.27. The molecule has 0 radical (unpaired) electrons. The van der Waals surface area contributed by atoms with Gasteiger partial charge in [-0.2, -0.15) is 5.10 Å². The third-order valence-electron chi connectivity index (χ3n) is 2.73. The van der Waals surface area contributed by atoms with Crippen LogP contribution in [0, 0.1) is 0 Å². The maximum atomic E-state index is 12.3. The van der Waals surface area contributed by atoms with E-state index in [2.05, 4.69) is 10.5 Å². The lowest BCUT2D eigenvalue weighted by Crippen LogP contribution is -2.23. The molecule has 134 valence electrons. The summed E-state index contributed by atoms with van der Waals surface area (Å²) in [5.74, 6) is -1.06. The van der Waals surface area contributed by atoms with Crippen LogP contribution in [0.4, 0.5) is 5.69 Å². The third-order valence-corrected chi connectivity index (χ3v) is 3.28. The molecule has 1 aromatic rings. The Morgan fingerprint density at radius 1 is 1.00 bits per heavy atom. The van der Waals surface area contributed by atoms with Crippen LogP contribution in [0.2, 0.25) is 10.0 Å². The maximum Gasteiger partial charge on any atom is 0.211 e. The molecule has 1 rings (SSSR count). The summed E-state index contributed by atoms with van der Waals surface area (Å²) in [6.45, 7) is 0. The van der Waals surface area contributed by atoms with Crippen LogP contribution < -0.4 is 5.43 Å². The Morgan fingerprint density at radius 2 is 1.52 bits per heavy atom. The van der Waals surface area contributed by atoms with Crippen molar-refractivity contribution in [2.45, 2.75) is 0 Å². The summed E-state index contributed by atoms with van der Waals surface area (Å²) >= 11 is 11.9. The summed E-state index contributed by atoms with van der Waals surface area (Å²) in [7, 11) is 7.06. The van der Waals surface area contributed by atoms with Crippen molar-refractivity contribution in [1.82, 2.24) is 9.80 Å². The number of rotatable bonds is 8. The largest absolute Gasteiger partial charge is 0.383 e. The monoisotopic (exact) mass is 382 g/mol. The fourth-order valence-electron chi connectivity index (χ4n) is 1.52. The molecular formula is C17H20Cl2N4O2. The molecule has 0 heterocycles. The lowest BCUT2D eigenvalue weighted by atomic mass is 10.1.